The summed E-state index contributed by atoms with van der Waals surface area (Å²) >= 11 is 9.38. The van der Waals surface area contributed by atoms with E-state index in [2.05, 4.69) is 22.5 Å². The van der Waals surface area contributed by atoms with Crippen LogP contribution in [0.3, 0.4) is 0 Å². The summed E-state index contributed by atoms with van der Waals surface area (Å²) in [7, 11) is 0. The Morgan fingerprint density at radius 3 is 2.25 bits per heavy atom. The van der Waals surface area contributed by atoms with Crippen LogP contribution in [0.1, 0.15) is 11.1 Å². The van der Waals surface area contributed by atoms with Crippen LogP contribution in [0.15, 0.2) is 59.6 Å². The molecule has 0 radical (unpaired) electrons. The van der Waals surface area contributed by atoms with Crippen molar-refractivity contribution in [3.63, 3.8) is 0 Å². The molecule has 0 spiro atoms. The van der Waals surface area contributed by atoms with Crippen LogP contribution in [0.25, 0.3) is 5.57 Å². The van der Waals surface area contributed by atoms with E-state index in [0.717, 1.165) is 26.2 Å². The van der Waals surface area contributed by atoms with Crippen molar-refractivity contribution in [2.75, 3.05) is 0 Å². The Labute approximate surface area is 109 Å². The van der Waals surface area contributed by atoms with E-state index in [-0.39, 0.29) is 0 Å². The lowest BCUT2D eigenvalue weighted by Gasteiger charge is -2.08. The van der Waals surface area contributed by atoms with Gasteiger partial charge in [0, 0.05) is 9.50 Å². The van der Waals surface area contributed by atoms with E-state index in [1.165, 1.54) is 0 Å². The first-order valence-electron chi connectivity index (χ1n) is 4.88. The molecule has 0 saturated carbocycles. The molecule has 0 nitrogen and oxygen atoms in total. The fraction of sp³-hybridized carbons (Fsp3) is 0. The molecule has 0 aliphatic rings. The predicted molar refractivity (Wildman–Crippen MR) is 73.7 cm³/mol. The summed E-state index contributed by atoms with van der Waals surface area (Å²) in [6.45, 7) is 4.11. The third-order valence-corrected chi connectivity index (χ3v) is 3.34. The normalized spacial score (nSPS) is 10.1. The molecule has 0 N–H and O–H groups in total. The standard InChI is InChI=1S/C14H10BrCl/c1-10(11-6-8-12(16)9-7-11)13-4-2-3-5-14(13)15/h2-9H,1H2. The van der Waals surface area contributed by atoms with Gasteiger partial charge in [0.15, 0.2) is 0 Å². The second-order valence-corrected chi connectivity index (χ2v) is 4.76. The summed E-state index contributed by atoms with van der Waals surface area (Å²) in [5.74, 6) is 0. The van der Waals surface area contributed by atoms with Gasteiger partial charge in [-0.1, -0.05) is 64.4 Å². The van der Waals surface area contributed by atoms with Gasteiger partial charge >= 0.3 is 0 Å². The van der Waals surface area contributed by atoms with Crippen molar-refractivity contribution < 1.29 is 0 Å². The lowest BCUT2D eigenvalue weighted by molar-refractivity contribution is 1.53. The van der Waals surface area contributed by atoms with E-state index in [9.17, 15) is 0 Å². The SMILES string of the molecule is C=C(c1ccc(Cl)cc1)c1ccccc1Br. The first kappa shape index (κ1) is 11.4. The van der Waals surface area contributed by atoms with Gasteiger partial charge in [0.05, 0.1) is 0 Å². The molecule has 2 rings (SSSR count). The van der Waals surface area contributed by atoms with Gasteiger partial charge in [0.25, 0.3) is 0 Å². The Bertz CT molecular complexity index is 515. The molecule has 0 heterocycles. The molecule has 0 saturated heterocycles. The molecule has 0 amide bonds. The molecule has 0 aliphatic carbocycles. The zero-order valence-electron chi connectivity index (χ0n) is 8.58. The maximum atomic E-state index is 5.85. The van der Waals surface area contributed by atoms with Crippen molar-refractivity contribution in [1.82, 2.24) is 0 Å². The van der Waals surface area contributed by atoms with Crippen molar-refractivity contribution >= 4 is 33.1 Å². The Morgan fingerprint density at radius 2 is 1.62 bits per heavy atom. The second-order valence-electron chi connectivity index (χ2n) is 3.47. The third-order valence-electron chi connectivity index (χ3n) is 2.39. The van der Waals surface area contributed by atoms with Crippen LogP contribution in [0.4, 0.5) is 0 Å². The smallest absolute Gasteiger partial charge is 0.0406 e. The number of halogens is 2. The van der Waals surface area contributed by atoms with Gasteiger partial charge in [-0.05, 0) is 34.9 Å². The molecule has 80 valence electrons. The van der Waals surface area contributed by atoms with E-state index < -0.39 is 0 Å². The van der Waals surface area contributed by atoms with Crippen molar-refractivity contribution in [1.29, 1.82) is 0 Å². The molecule has 2 aromatic carbocycles. The molecule has 2 heteroatoms. The average Bonchev–Trinajstić information content (AvgIpc) is 2.30. The van der Waals surface area contributed by atoms with Crippen molar-refractivity contribution in [3.8, 4) is 0 Å². The quantitative estimate of drug-likeness (QED) is 0.717. The number of benzene rings is 2. The molecule has 0 fully saturated rings. The monoisotopic (exact) mass is 292 g/mol. The van der Waals surface area contributed by atoms with Gasteiger partial charge in [-0.3, -0.25) is 0 Å². The van der Waals surface area contributed by atoms with Crippen LogP contribution in [0.2, 0.25) is 5.02 Å². The summed E-state index contributed by atoms with van der Waals surface area (Å²) in [5.41, 5.74) is 3.17. The van der Waals surface area contributed by atoms with Crippen molar-refractivity contribution in [3.05, 3.63) is 75.7 Å². The van der Waals surface area contributed by atoms with Gasteiger partial charge in [-0.2, -0.15) is 0 Å². The van der Waals surface area contributed by atoms with Crippen LogP contribution in [-0.4, -0.2) is 0 Å². The minimum Gasteiger partial charge on any atom is -0.0905 e. The van der Waals surface area contributed by atoms with Crippen molar-refractivity contribution in [2.24, 2.45) is 0 Å². The summed E-state index contributed by atoms with van der Waals surface area (Å²) in [5, 5.41) is 0.740. The molecular formula is C14H10BrCl. The molecule has 0 atom stereocenters. The molecule has 0 aliphatic heterocycles. The average molecular weight is 294 g/mol. The molecule has 0 aromatic heterocycles. The Morgan fingerprint density at radius 1 is 1.00 bits per heavy atom. The number of rotatable bonds is 2. The fourth-order valence-electron chi connectivity index (χ4n) is 1.51. The lowest BCUT2D eigenvalue weighted by Crippen LogP contribution is -1.87. The van der Waals surface area contributed by atoms with Crippen LogP contribution in [0, 0.1) is 0 Å². The highest BCUT2D eigenvalue weighted by atomic mass is 79.9. The Hall–Kier alpha value is -1.05. The van der Waals surface area contributed by atoms with Gasteiger partial charge < -0.3 is 0 Å². The van der Waals surface area contributed by atoms with E-state index in [1.54, 1.807) is 0 Å². The minimum atomic E-state index is 0.740. The maximum absolute atomic E-state index is 5.85. The lowest BCUT2D eigenvalue weighted by atomic mass is 10.00. The molecule has 16 heavy (non-hydrogen) atoms. The Kier molecular flexibility index (Phi) is 3.47. The highest BCUT2D eigenvalue weighted by Crippen LogP contribution is 2.28. The highest BCUT2D eigenvalue weighted by molar-refractivity contribution is 9.10. The van der Waals surface area contributed by atoms with Gasteiger partial charge in [-0.15, -0.1) is 0 Å². The largest absolute Gasteiger partial charge is 0.0905 e. The predicted octanol–water partition coefficient (Wildman–Crippen LogP) is 5.16. The highest BCUT2D eigenvalue weighted by Gasteiger charge is 2.05. The maximum Gasteiger partial charge on any atom is 0.0406 e. The van der Waals surface area contributed by atoms with Gasteiger partial charge in [-0.25, -0.2) is 0 Å². The fourth-order valence-corrected chi connectivity index (χ4v) is 2.16. The van der Waals surface area contributed by atoms with E-state index in [0.29, 0.717) is 0 Å². The van der Waals surface area contributed by atoms with Crippen molar-refractivity contribution in [2.45, 2.75) is 0 Å². The molecule has 2 aromatic rings. The van der Waals surface area contributed by atoms with Gasteiger partial charge in [0.2, 0.25) is 0 Å². The second kappa shape index (κ2) is 4.86. The minimum absolute atomic E-state index is 0.740. The zero-order valence-corrected chi connectivity index (χ0v) is 10.9. The Balaban J connectivity index is 2.40. The summed E-state index contributed by atoms with van der Waals surface area (Å²) in [4.78, 5) is 0. The summed E-state index contributed by atoms with van der Waals surface area (Å²) < 4.78 is 1.05. The molecule has 0 bridgehead atoms. The van der Waals surface area contributed by atoms with Crippen LogP contribution in [-0.2, 0) is 0 Å². The van der Waals surface area contributed by atoms with E-state index in [4.69, 9.17) is 11.6 Å². The van der Waals surface area contributed by atoms with Crippen LogP contribution in [0.5, 0.6) is 0 Å². The van der Waals surface area contributed by atoms with E-state index in [1.807, 2.05) is 48.5 Å². The van der Waals surface area contributed by atoms with E-state index >= 15 is 0 Å². The molecule has 0 unspecified atom stereocenters. The third kappa shape index (κ3) is 2.37. The summed E-state index contributed by atoms with van der Waals surface area (Å²) in [6.07, 6.45) is 0. The first-order valence-corrected chi connectivity index (χ1v) is 6.05. The van der Waals surface area contributed by atoms with Crippen LogP contribution >= 0.6 is 27.5 Å². The zero-order chi connectivity index (χ0) is 11.5. The number of hydrogen-bond acceptors (Lipinski definition) is 0. The number of hydrogen-bond donors (Lipinski definition) is 0. The summed E-state index contributed by atoms with van der Waals surface area (Å²) in [6, 6.07) is 15.7. The molecular weight excluding hydrogens is 284 g/mol. The van der Waals surface area contributed by atoms with Gasteiger partial charge in [0.1, 0.15) is 0 Å². The topological polar surface area (TPSA) is 0 Å². The van der Waals surface area contributed by atoms with Crippen LogP contribution < -0.4 is 0 Å². The first-order chi connectivity index (χ1) is 7.68.